The van der Waals surface area contributed by atoms with Crippen molar-refractivity contribution < 1.29 is 32.2 Å². The highest BCUT2D eigenvalue weighted by atomic mass is 19.4. The molecule has 1 aliphatic heterocycles. The van der Waals surface area contributed by atoms with Crippen LogP contribution < -0.4 is 5.32 Å². The topological polar surface area (TPSA) is 82.6 Å². The Balaban J connectivity index is 1.97. The summed E-state index contributed by atoms with van der Waals surface area (Å²) >= 11 is 0. The predicted molar refractivity (Wildman–Crippen MR) is 101 cm³/mol. The van der Waals surface area contributed by atoms with E-state index in [0.717, 1.165) is 12.1 Å². The maximum Gasteiger partial charge on any atom is 0.416 e. The van der Waals surface area contributed by atoms with Crippen LogP contribution in [0.5, 0.6) is 0 Å². The standard InChI is InChI=1S/C20H22F3N3O4/c1-11(13-5-4-6-14(9-13)20(21,22)23)24-18-17(19-29-7-8-30-19)15(10-16(27)28-3)25-12(2)26-18/h4-6,9,11,19H,7-8,10H2,1-3H3,(H,24,25,26)/t11-/m1/s1. The summed E-state index contributed by atoms with van der Waals surface area (Å²) < 4.78 is 55.1. The molecule has 1 aliphatic rings. The van der Waals surface area contributed by atoms with Crippen LogP contribution in [0.2, 0.25) is 0 Å². The van der Waals surface area contributed by atoms with Gasteiger partial charge in [0.15, 0.2) is 6.29 Å². The largest absolute Gasteiger partial charge is 0.469 e. The predicted octanol–water partition coefficient (Wildman–Crippen LogP) is 3.74. The number of alkyl halides is 3. The molecule has 1 saturated heterocycles. The smallest absolute Gasteiger partial charge is 0.416 e. The molecule has 0 aliphatic carbocycles. The molecule has 0 radical (unpaired) electrons. The van der Waals surface area contributed by atoms with Gasteiger partial charge < -0.3 is 19.5 Å². The number of ether oxygens (including phenoxy) is 3. The average Bonchev–Trinajstić information content (AvgIpc) is 3.21. The second-order valence-electron chi connectivity index (χ2n) is 6.80. The molecule has 7 nitrogen and oxygen atoms in total. The van der Waals surface area contributed by atoms with Crippen molar-refractivity contribution in [2.24, 2.45) is 0 Å². The van der Waals surface area contributed by atoms with E-state index in [1.165, 1.54) is 13.2 Å². The van der Waals surface area contributed by atoms with E-state index in [0.29, 0.717) is 41.7 Å². The molecule has 0 amide bonds. The highest BCUT2D eigenvalue weighted by Gasteiger charge is 2.32. The minimum absolute atomic E-state index is 0.120. The lowest BCUT2D eigenvalue weighted by Gasteiger charge is -2.22. The number of benzene rings is 1. The zero-order chi connectivity index (χ0) is 21.9. The Bertz CT molecular complexity index is 915. The third-order valence-corrected chi connectivity index (χ3v) is 4.60. The first-order chi connectivity index (χ1) is 14.2. The normalized spacial score (nSPS) is 15.8. The number of hydrogen-bond acceptors (Lipinski definition) is 7. The van der Waals surface area contributed by atoms with E-state index in [9.17, 15) is 18.0 Å². The Kier molecular flexibility index (Phi) is 6.57. The zero-order valence-electron chi connectivity index (χ0n) is 16.7. The van der Waals surface area contributed by atoms with Gasteiger partial charge in [-0.05, 0) is 31.5 Å². The molecule has 0 spiro atoms. The summed E-state index contributed by atoms with van der Waals surface area (Å²) in [5, 5.41) is 3.12. The number of hydrogen-bond donors (Lipinski definition) is 1. The number of anilines is 1. The Morgan fingerprint density at radius 3 is 2.63 bits per heavy atom. The fourth-order valence-electron chi connectivity index (χ4n) is 3.14. The first-order valence-corrected chi connectivity index (χ1v) is 9.30. The highest BCUT2D eigenvalue weighted by molar-refractivity contribution is 5.73. The van der Waals surface area contributed by atoms with E-state index in [1.807, 2.05) is 0 Å². The van der Waals surface area contributed by atoms with Crippen molar-refractivity contribution in [3.63, 3.8) is 0 Å². The first kappa shape index (κ1) is 22.0. The average molecular weight is 425 g/mol. The van der Waals surface area contributed by atoms with Gasteiger partial charge in [-0.25, -0.2) is 9.97 Å². The minimum atomic E-state index is -4.44. The maximum absolute atomic E-state index is 13.1. The van der Waals surface area contributed by atoms with Crippen molar-refractivity contribution in [2.75, 3.05) is 25.6 Å². The molecule has 3 rings (SSSR count). The molecule has 0 unspecified atom stereocenters. The molecule has 1 N–H and O–H groups in total. The number of esters is 1. The zero-order valence-corrected chi connectivity index (χ0v) is 16.7. The molecule has 0 saturated carbocycles. The number of halogens is 3. The number of methoxy groups -OCH3 is 1. The summed E-state index contributed by atoms with van der Waals surface area (Å²) in [4.78, 5) is 20.6. The third-order valence-electron chi connectivity index (χ3n) is 4.60. The number of carbonyl (C=O) groups excluding carboxylic acids is 1. The van der Waals surface area contributed by atoms with Gasteiger partial charge in [0.05, 0.1) is 43.6 Å². The number of carbonyl (C=O) groups is 1. The molecule has 1 aromatic carbocycles. The Labute approximate surface area is 171 Å². The van der Waals surface area contributed by atoms with Gasteiger partial charge in [-0.2, -0.15) is 13.2 Å². The van der Waals surface area contributed by atoms with Gasteiger partial charge in [-0.15, -0.1) is 0 Å². The van der Waals surface area contributed by atoms with E-state index >= 15 is 0 Å². The van der Waals surface area contributed by atoms with Crippen LogP contribution in [0, 0.1) is 6.92 Å². The number of rotatable bonds is 6. The lowest BCUT2D eigenvalue weighted by Crippen LogP contribution is -2.19. The van der Waals surface area contributed by atoms with Crippen LogP contribution in [0.3, 0.4) is 0 Å². The maximum atomic E-state index is 13.1. The van der Waals surface area contributed by atoms with E-state index in [-0.39, 0.29) is 6.42 Å². The van der Waals surface area contributed by atoms with Crippen LogP contribution in [0.1, 0.15) is 47.5 Å². The molecular weight excluding hydrogens is 403 g/mol. The number of aryl methyl sites for hydroxylation is 1. The van der Waals surface area contributed by atoms with E-state index in [1.54, 1.807) is 19.9 Å². The molecule has 2 heterocycles. The van der Waals surface area contributed by atoms with E-state index < -0.39 is 30.0 Å². The molecule has 2 aromatic rings. The molecule has 1 atom stereocenters. The summed E-state index contributed by atoms with van der Waals surface area (Å²) in [6, 6.07) is 4.54. The van der Waals surface area contributed by atoms with Crippen molar-refractivity contribution in [3.8, 4) is 0 Å². The molecular formula is C20H22F3N3O4. The van der Waals surface area contributed by atoms with Crippen LogP contribution in [0.4, 0.5) is 19.0 Å². The lowest BCUT2D eigenvalue weighted by molar-refractivity contribution is -0.140. The van der Waals surface area contributed by atoms with Gasteiger partial charge in [-0.1, -0.05) is 12.1 Å². The molecule has 1 aromatic heterocycles. The number of aromatic nitrogens is 2. The SMILES string of the molecule is COC(=O)Cc1nc(C)nc(N[C@H](C)c2cccc(C(F)(F)F)c2)c1C1OCCO1. The molecule has 10 heteroatoms. The van der Waals surface area contributed by atoms with Gasteiger partial charge >= 0.3 is 12.1 Å². The van der Waals surface area contributed by atoms with Crippen molar-refractivity contribution in [2.45, 2.75) is 38.8 Å². The Morgan fingerprint density at radius 1 is 1.30 bits per heavy atom. The van der Waals surface area contributed by atoms with Crippen molar-refractivity contribution >= 4 is 11.8 Å². The quantitative estimate of drug-likeness (QED) is 0.706. The Morgan fingerprint density at radius 2 is 2.00 bits per heavy atom. The fourth-order valence-corrected chi connectivity index (χ4v) is 3.14. The lowest BCUT2D eigenvalue weighted by atomic mass is 10.0. The molecule has 0 bridgehead atoms. The van der Waals surface area contributed by atoms with Gasteiger partial charge in [0.1, 0.15) is 11.6 Å². The van der Waals surface area contributed by atoms with Crippen LogP contribution in [-0.2, 0) is 31.6 Å². The molecule has 1 fully saturated rings. The van der Waals surface area contributed by atoms with Crippen LogP contribution in [0.15, 0.2) is 24.3 Å². The molecule has 162 valence electrons. The second-order valence-corrected chi connectivity index (χ2v) is 6.80. The first-order valence-electron chi connectivity index (χ1n) is 9.30. The van der Waals surface area contributed by atoms with E-state index in [2.05, 4.69) is 15.3 Å². The van der Waals surface area contributed by atoms with Gasteiger partial charge in [0.25, 0.3) is 0 Å². The van der Waals surface area contributed by atoms with Crippen LogP contribution in [-0.4, -0.2) is 36.3 Å². The van der Waals surface area contributed by atoms with Crippen molar-refractivity contribution in [3.05, 3.63) is 52.5 Å². The van der Waals surface area contributed by atoms with Crippen LogP contribution >= 0.6 is 0 Å². The summed E-state index contributed by atoms with van der Waals surface area (Å²) in [7, 11) is 1.27. The van der Waals surface area contributed by atoms with Gasteiger partial charge in [0, 0.05) is 6.04 Å². The van der Waals surface area contributed by atoms with E-state index in [4.69, 9.17) is 14.2 Å². The summed E-state index contributed by atoms with van der Waals surface area (Å²) in [6.07, 6.45) is -5.35. The summed E-state index contributed by atoms with van der Waals surface area (Å²) in [5.41, 5.74) is 0.499. The highest BCUT2D eigenvalue weighted by Crippen LogP contribution is 2.35. The van der Waals surface area contributed by atoms with Gasteiger partial charge in [0.2, 0.25) is 0 Å². The van der Waals surface area contributed by atoms with Crippen molar-refractivity contribution in [1.29, 1.82) is 0 Å². The van der Waals surface area contributed by atoms with Crippen LogP contribution in [0.25, 0.3) is 0 Å². The fraction of sp³-hybridized carbons (Fsp3) is 0.450. The number of nitrogens with zero attached hydrogens (tertiary/aromatic N) is 2. The van der Waals surface area contributed by atoms with Gasteiger partial charge in [-0.3, -0.25) is 4.79 Å². The summed E-state index contributed by atoms with van der Waals surface area (Å²) in [5.74, 6) is 0.219. The van der Waals surface area contributed by atoms with Crippen molar-refractivity contribution in [1.82, 2.24) is 9.97 Å². The minimum Gasteiger partial charge on any atom is -0.469 e. The molecule has 30 heavy (non-hydrogen) atoms. The third kappa shape index (κ3) is 5.06. The Hall–Kier alpha value is -2.72. The summed E-state index contributed by atoms with van der Waals surface area (Å²) in [6.45, 7) is 4.09. The second kappa shape index (κ2) is 8.97. The number of nitrogens with one attached hydrogen (secondary N) is 1. The monoisotopic (exact) mass is 425 g/mol.